The number of oxime groups is 1. The largest absolute Gasteiger partial charge is 1.00 e. The van der Waals surface area contributed by atoms with E-state index in [1.807, 2.05) is 16.8 Å². The molecule has 0 saturated carbocycles. The van der Waals surface area contributed by atoms with E-state index in [0.29, 0.717) is 5.57 Å². The Morgan fingerprint density at radius 3 is 2.65 bits per heavy atom. The first-order valence-electron chi connectivity index (χ1n) is 15.9. The fourth-order valence-electron chi connectivity index (χ4n) is 6.44. The van der Waals surface area contributed by atoms with Crippen LogP contribution in [0.4, 0.5) is 5.13 Å². The van der Waals surface area contributed by atoms with E-state index in [-0.39, 0.29) is 69.4 Å². The summed E-state index contributed by atoms with van der Waals surface area (Å²) in [6.07, 6.45) is 3.73. The van der Waals surface area contributed by atoms with Crippen molar-refractivity contribution < 1.29 is 83.4 Å². The maximum absolute atomic E-state index is 13.6. The fourth-order valence-corrected chi connectivity index (χ4v) is 8.57. The van der Waals surface area contributed by atoms with Crippen LogP contribution in [-0.4, -0.2) is 85.3 Å². The van der Waals surface area contributed by atoms with Gasteiger partial charge in [-0.05, 0) is 44.9 Å². The minimum atomic E-state index is -1.85. The molecule has 54 heavy (non-hydrogen) atoms. The second-order valence-electron chi connectivity index (χ2n) is 12.9. The number of phenols is 2. The Morgan fingerprint density at radius 1 is 1.24 bits per heavy atom. The molecule has 3 aliphatic rings. The number of phenolic OH excluding ortho intramolecular Hbond substituents is 2. The average Bonchev–Trinajstić information content (AvgIpc) is 3.68. The maximum atomic E-state index is 13.6. The number of carbonyl (C=O) groups is 5. The number of pyridine rings is 1. The SMILES string of the molecule is CC1(C)CCc2ccc[n+](CC3=C(C(=O)[O-])N4C(=O)[C@@H](NC(=O)/C(=N\OC[C@H](NC(=O)c5ccc(O)c(O)c5Cl)C(=O)[O-])c5csc(N)n5)[C@H]4SC3)c21.[Na+]. The van der Waals surface area contributed by atoms with Crippen molar-refractivity contribution in [1.29, 1.82) is 0 Å². The Balaban J connectivity index is 0.00000561. The Labute approximate surface area is 342 Å². The van der Waals surface area contributed by atoms with Crippen molar-refractivity contribution in [3.05, 3.63) is 74.6 Å². The normalized spacial score (nSPS) is 19.1. The summed E-state index contributed by atoms with van der Waals surface area (Å²) in [7, 11) is 0. The standard InChI is InChI=1S/C33H32ClN7O10S2.Na/c1-33(2)8-7-14-4-3-9-40(25(14)33)10-15-12-52-29-22(28(46)41(29)23(15)31(49)50)38-27(45)21(18-13-53-32(35)37-18)39-51-11-17(30(47)48)36-26(44)16-5-6-19(42)24(43)20(16)34;/h3-6,9,13,17,22,29H,7-8,10-12H2,1-2H3,(H7-,35,36,37,38,39,42,43,44,45,47,48,49,50);/q;+1/p-1/t17-,22+,29+;/m0./s1. The number of aliphatic carboxylic acids is 2. The number of benzene rings is 1. The number of rotatable bonds is 12. The summed E-state index contributed by atoms with van der Waals surface area (Å²) < 4.78 is 2.01. The topological polar surface area (TPSA) is 264 Å². The van der Waals surface area contributed by atoms with Gasteiger partial charge in [0.2, 0.25) is 0 Å². The monoisotopic (exact) mass is 807 g/mol. The number of halogens is 1. The van der Waals surface area contributed by atoms with Crippen LogP contribution in [0, 0.1) is 0 Å². The minimum absolute atomic E-state index is 0. The number of nitrogens with zero attached hydrogens (tertiary/aromatic N) is 4. The zero-order valence-electron chi connectivity index (χ0n) is 29.0. The van der Waals surface area contributed by atoms with Crippen molar-refractivity contribution in [1.82, 2.24) is 20.5 Å². The number of nitrogens with two attached hydrogens (primary N) is 1. The van der Waals surface area contributed by atoms with E-state index >= 15 is 0 Å². The van der Waals surface area contributed by atoms with E-state index in [2.05, 4.69) is 40.7 Å². The number of fused-ring (bicyclic) bond motifs is 2. The number of nitrogens with one attached hydrogen (secondary N) is 2. The number of nitrogen functional groups attached to an aromatic ring is 1. The molecule has 1 fully saturated rings. The number of anilines is 1. The molecule has 6 N–H and O–H groups in total. The van der Waals surface area contributed by atoms with Crippen LogP contribution in [0.2, 0.25) is 5.02 Å². The molecule has 0 unspecified atom stereocenters. The number of aryl methyl sites for hydroxylation is 1. The molecule has 0 radical (unpaired) electrons. The summed E-state index contributed by atoms with van der Waals surface area (Å²) in [5, 5.41) is 52.1. The molecule has 3 atom stereocenters. The molecule has 1 aliphatic carbocycles. The Kier molecular flexibility index (Phi) is 12.2. The first kappa shape index (κ1) is 40.8. The van der Waals surface area contributed by atoms with E-state index in [0.717, 1.165) is 46.9 Å². The van der Waals surface area contributed by atoms with E-state index in [9.17, 15) is 44.4 Å². The average molecular weight is 808 g/mol. The number of thiazole rings is 1. The summed E-state index contributed by atoms with van der Waals surface area (Å²) in [5.41, 5.74) is 7.18. The van der Waals surface area contributed by atoms with Crippen LogP contribution in [-0.2, 0) is 42.4 Å². The van der Waals surface area contributed by atoms with Crippen LogP contribution in [0.15, 0.2) is 52.3 Å². The number of β-lactam (4-membered cyclic amide) rings is 1. The quantitative estimate of drug-likeness (QED) is 0.0290. The van der Waals surface area contributed by atoms with Crippen molar-refractivity contribution in [2.24, 2.45) is 5.16 Å². The Morgan fingerprint density at radius 2 is 1.98 bits per heavy atom. The van der Waals surface area contributed by atoms with Gasteiger partial charge >= 0.3 is 29.6 Å². The molecular formula is C33H31ClN7NaO10S2. The molecule has 1 saturated heterocycles. The number of hydrogen-bond acceptors (Lipinski definition) is 15. The van der Waals surface area contributed by atoms with E-state index < -0.39 is 76.0 Å². The maximum Gasteiger partial charge on any atom is 1.00 e. The zero-order valence-corrected chi connectivity index (χ0v) is 33.3. The molecule has 4 heterocycles. The first-order valence-corrected chi connectivity index (χ1v) is 18.2. The predicted octanol–water partition coefficient (Wildman–Crippen LogP) is -4.32. The second-order valence-corrected chi connectivity index (χ2v) is 15.3. The molecule has 0 bridgehead atoms. The third-order valence-corrected chi connectivity index (χ3v) is 11.4. The van der Waals surface area contributed by atoms with Crippen LogP contribution < -0.4 is 60.7 Å². The van der Waals surface area contributed by atoms with Gasteiger partial charge in [0.25, 0.3) is 17.7 Å². The smallest absolute Gasteiger partial charge is 0.548 e. The number of carbonyl (C=O) groups excluding carboxylic acids is 5. The molecule has 2 aromatic heterocycles. The molecule has 278 valence electrons. The number of aromatic nitrogens is 2. The molecule has 3 aromatic rings. The third kappa shape index (κ3) is 7.87. The summed E-state index contributed by atoms with van der Waals surface area (Å²) in [6.45, 7) is 3.62. The molecule has 17 nitrogen and oxygen atoms in total. The molecule has 6 rings (SSSR count). The molecule has 1 aromatic carbocycles. The summed E-state index contributed by atoms with van der Waals surface area (Å²) in [6, 6.07) is 2.94. The van der Waals surface area contributed by atoms with Crippen molar-refractivity contribution in [2.45, 2.75) is 56.1 Å². The first-order chi connectivity index (χ1) is 25.1. The van der Waals surface area contributed by atoms with Crippen molar-refractivity contribution >= 4 is 75.2 Å². The number of thioether (sulfide) groups is 1. The van der Waals surface area contributed by atoms with E-state index in [4.69, 9.17) is 22.2 Å². The van der Waals surface area contributed by atoms with Gasteiger partial charge in [0.15, 0.2) is 40.8 Å². The van der Waals surface area contributed by atoms with Crippen molar-refractivity contribution in [3.63, 3.8) is 0 Å². The zero-order chi connectivity index (χ0) is 38.4. The van der Waals surface area contributed by atoms with Crippen molar-refractivity contribution in [3.8, 4) is 11.5 Å². The van der Waals surface area contributed by atoms with Crippen LogP contribution in [0.1, 0.15) is 47.6 Å². The fraction of sp³-hybridized carbons (Fsp3) is 0.333. The molecular weight excluding hydrogens is 777 g/mol. The number of hydrogen-bond donors (Lipinski definition) is 5. The Bertz CT molecular complexity index is 2130. The van der Waals surface area contributed by atoms with Gasteiger partial charge in [0.05, 0.1) is 28.2 Å². The van der Waals surface area contributed by atoms with Crippen LogP contribution in [0.5, 0.6) is 11.5 Å². The number of carboxylic acids is 2. The second kappa shape index (κ2) is 16.1. The van der Waals surface area contributed by atoms with Crippen LogP contribution >= 0.6 is 34.7 Å². The van der Waals surface area contributed by atoms with Gasteiger partial charge in [-0.25, -0.2) is 4.98 Å². The van der Waals surface area contributed by atoms with Gasteiger partial charge in [-0.3, -0.25) is 19.3 Å². The summed E-state index contributed by atoms with van der Waals surface area (Å²) >= 11 is 8.11. The van der Waals surface area contributed by atoms with Gasteiger partial charge < -0.3 is 51.2 Å². The third-order valence-electron chi connectivity index (χ3n) is 9.01. The summed E-state index contributed by atoms with van der Waals surface area (Å²) in [4.78, 5) is 74.3. The van der Waals surface area contributed by atoms with Crippen LogP contribution in [0.3, 0.4) is 0 Å². The van der Waals surface area contributed by atoms with Crippen LogP contribution in [0.25, 0.3) is 0 Å². The van der Waals surface area contributed by atoms with E-state index in [1.54, 1.807) is 0 Å². The molecule has 0 spiro atoms. The summed E-state index contributed by atoms with van der Waals surface area (Å²) in [5.74, 6) is -7.25. The minimum Gasteiger partial charge on any atom is -0.548 e. The predicted molar refractivity (Wildman–Crippen MR) is 185 cm³/mol. The van der Waals surface area contributed by atoms with Gasteiger partial charge in [0.1, 0.15) is 29.8 Å². The molecule has 2 aliphatic heterocycles. The number of amides is 3. The van der Waals surface area contributed by atoms with E-state index in [1.165, 1.54) is 22.7 Å². The van der Waals surface area contributed by atoms with Gasteiger partial charge in [-0.1, -0.05) is 16.8 Å². The Hall–Kier alpha value is -4.40. The number of carboxylic acid groups (broad SMARTS) is 2. The van der Waals surface area contributed by atoms with Gasteiger partial charge in [-0.15, -0.1) is 23.1 Å². The number of aromatic hydroxyl groups is 2. The van der Waals surface area contributed by atoms with Crippen molar-refractivity contribution in [2.75, 3.05) is 18.1 Å². The van der Waals surface area contributed by atoms with Gasteiger partial charge in [0, 0.05) is 33.8 Å². The molecule has 21 heteroatoms. The van der Waals surface area contributed by atoms with Gasteiger partial charge in [-0.2, -0.15) is 4.57 Å². The molecule has 3 amide bonds.